The van der Waals surface area contributed by atoms with Crippen LogP contribution in [0.5, 0.6) is 0 Å². The van der Waals surface area contributed by atoms with E-state index in [1.165, 1.54) is 0 Å². The summed E-state index contributed by atoms with van der Waals surface area (Å²) in [6, 6.07) is 30.1. The molecule has 5 nitrogen and oxygen atoms in total. The van der Waals surface area contributed by atoms with Gasteiger partial charge in [0.2, 0.25) is 5.91 Å². The average Bonchev–Trinajstić information content (AvgIpc) is 3.14. The molecule has 0 bridgehead atoms. The van der Waals surface area contributed by atoms with Gasteiger partial charge >= 0.3 is 0 Å². The number of aromatic nitrogens is 3. The Morgan fingerprint density at radius 1 is 0.781 bits per heavy atom. The summed E-state index contributed by atoms with van der Waals surface area (Å²) < 4.78 is 2.10. The summed E-state index contributed by atoms with van der Waals surface area (Å²) in [6.45, 7) is 0.524. The van der Waals surface area contributed by atoms with Crippen molar-refractivity contribution < 1.29 is 4.79 Å². The SMILES string of the molecule is O=C(CCn1c2ccccc2c2nc3ccccc3nc21)Nc1ccc2ccccc2c1. The van der Waals surface area contributed by atoms with E-state index in [-0.39, 0.29) is 5.91 Å². The molecule has 0 aliphatic carbocycles. The van der Waals surface area contributed by atoms with Crippen molar-refractivity contribution in [1.29, 1.82) is 0 Å². The third kappa shape index (κ3) is 3.15. The van der Waals surface area contributed by atoms with Crippen molar-refractivity contribution in [3.63, 3.8) is 0 Å². The molecule has 5 heteroatoms. The van der Waals surface area contributed by atoms with Gasteiger partial charge in [-0.05, 0) is 41.1 Å². The highest BCUT2D eigenvalue weighted by atomic mass is 16.1. The van der Waals surface area contributed by atoms with Crippen LogP contribution in [0.25, 0.3) is 43.9 Å². The lowest BCUT2D eigenvalue weighted by Gasteiger charge is -2.09. The summed E-state index contributed by atoms with van der Waals surface area (Å²) in [5.41, 5.74) is 5.25. The Hall–Kier alpha value is -4.25. The maximum absolute atomic E-state index is 12.8. The zero-order valence-corrected chi connectivity index (χ0v) is 17.3. The van der Waals surface area contributed by atoms with E-state index in [0.29, 0.717) is 13.0 Å². The number of para-hydroxylation sites is 3. The second-order valence-corrected chi connectivity index (χ2v) is 7.91. The Morgan fingerprint density at radius 3 is 2.38 bits per heavy atom. The number of amides is 1. The molecule has 0 spiro atoms. The molecule has 0 radical (unpaired) electrons. The van der Waals surface area contributed by atoms with E-state index in [0.717, 1.165) is 49.6 Å². The van der Waals surface area contributed by atoms with E-state index in [9.17, 15) is 4.79 Å². The van der Waals surface area contributed by atoms with Crippen LogP contribution in [0.4, 0.5) is 5.69 Å². The third-order valence-electron chi connectivity index (χ3n) is 5.85. The van der Waals surface area contributed by atoms with Gasteiger partial charge in [-0.15, -0.1) is 0 Å². The van der Waals surface area contributed by atoms with Crippen LogP contribution >= 0.6 is 0 Å². The van der Waals surface area contributed by atoms with E-state index < -0.39 is 0 Å². The molecule has 1 N–H and O–H groups in total. The van der Waals surface area contributed by atoms with Crippen LogP contribution in [-0.4, -0.2) is 20.4 Å². The van der Waals surface area contributed by atoms with Crippen molar-refractivity contribution >= 4 is 55.5 Å². The number of carbonyl (C=O) groups excluding carboxylic acids is 1. The Bertz CT molecular complexity index is 1630. The second kappa shape index (κ2) is 7.46. The first-order valence-corrected chi connectivity index (χ1v) is 10.7. The predicted octanol–water partition coefficient (Wildman–Crippen LogP) is 5.92. The Morgan fingerprint density at radius 2 is 1.50 bits per heavy atom. The molecule has 0 fully saturated rings. The molecule has 0 saturated heterocycles. The molecule has 2 heterocycles. The van der Waals surface area contributed by atoms with Gasteiger partial charge in [0.15, 0.2) is 5.65 Å². The van der Waals surface area contributed by atoms with Crippen molar-refractivity contribution in [3.05, 3.63) is 91.0 Å². The predicted molar refractivity (Wildman–Crippen MR) is 130 cm³/mol. The molecule has 0 aliphatic heterocycles. The van der Waals surface area contributed by atoms with Crippen molar-refractivity contribution in [2.24, 2.45) is 0 Å². The van der Waals surface area contributed by atoms with Crippen LogP contribution in [0.3, 0.4) is 0 Å². The number of hydrogen-bond acceptors (Lipinski definition) is 3. The zero-order chi connectivity index (χ0) is 21.5. The molecule has 0 saturated carbocycles. The van der Waals surface area contributed by atoms with Gasteiger partial charge < -0.3 is 9.88 Å². The molecular formula is C27H20N4O. The van der Waals surface area contributed by atoms with E-state index in [1.54, 1.807) is 0 Å². The first kappa shape index (κ1) is 18.5. The summed E-state index contributed by atoms with van der Waals surface area (Å²) in [5.74, 6) is -0.0278. The van der Waals surface area contributed by atoms with Gasteiger partial charge in [0.05, 0.1) is 16.6 Å². The summed E-state index contributed by atoms with van der Waals surface area (Å²) in [6.07, 6.45) is 0.342. The lowest BCUT2D eigenvalue weighted by atomic mass is 10.1. The first-order valence-electron chi connectivity index (χ1n) is 10.7. The van der Waals surface area contributed by atoms with Gasteiger partial charge in [-0.2, -0.15) is 0 Å². The molecule has 154 valence electrons. The van der Waals surface area contributed by atoms with Gasteiger partial charge in [0, 0.05) is 24.0 Å². The van der Waals surface area contributed by atoms with E-state index in [2.05, 4.69) is 28.1 Å². The topological polar surface area (TPSA) is 59.8 Å². The van der Waals surface area contributed by atoms with Gasteiger partial charge in [0.1, 0.15) is 5.52 Å². The van der Waals surface area contributed by atoms with E-state index >= 15 is 0 Å². The van der Waals surface area contributed by atoms with Crippen LogP contribution < -0.4 is 5.32 Å². The number of hydrogen-bond donors (Lipinski definition) is 1. The van der Waals surface area contributed by atoms with Crippen LogP contribution in [0.1, 0.15) is 6.42 Å². The maximum Gasteiger partial charge on any atom is 0.226 e. The number of rotatable bonds is 4. The number of fused-ring (bicyclic) bond motifs is 5. The molecule has 2 aromatic heterocycles. The average molecular weight is 416 g/mol. The molecular weight excluding hydrogens is 396 g/mol. The Kier molecular flexibility index (Phi) is 4.32. The van der Waals surface area contributed by atoms with Crippen molar-refractivity contribution in [1.82, 2.24) is 14.5 Å². The number of nitrogens with one attached hydrogen (secondary N) is 1. The first-order chi connectivity index (χ1) is 15.8. The highest BCUT2D eigenvalue weighted by Crippen LogP contribution is 2.28. The largest absolute Gasteiger partial charge is 0.326 e. The monoisotopic (exact) mass is 416 g/mol. The van der Waals surface area contributed by atoms with Crippen molar-refractivity contribution in [3.8, 4) is 0 Å². The molecule has 0 unspecified atom stereocenters. The quantitative estimate of drug-likeness (QED) is 0.388. The summed E-state index contributed by atoms with van der Waals surface area (Å²) >= 11 is 0. The smallest absolute Gasteiger partial charge is 0.226 e. The molecule has 0 atom stereocenters. The molecule has 32 heavy (non-hydrogen) atoms. The van der Waals surface area contributed by atoms with Crippen LogP contribution in [0, 0.1) is 0 Å². The highest BCUT2D eigenvalue weighted by Gasteiger charge is 2.15. The fraction of sp³-hybridized carbons (Fsp3) is 0.0741. The summed E-state index contributed by atoms with van der Waals surface area (Å²) in [4.78, 5) is 22.5. The minimum atomic E-state index is -0.0278. The minimum absolute atomic E-state index is 0.0278. The fourth-order valence-corrected chi connectivity index (χ4v) is 4.31. The van der Waals surface area contributed by atoms with Gasteiger partial charge in [0.25, 0.3) is 0 Å². The van der Waals surface area contributed by atoms with Crippen LogP contribution in [0.2, 0.25) is 0 Å². The number of anilines is 1. The minimum Gasteiger partial charge on any atom is -0.326 e. The molecule has 4 aromatic carbocycles. The van der Waals surface area contributed by atoms with Gasteiger partial charge in [-0.3, -0.25) is 4.79 Å². The number of benzene rings is 4. The lowest BCUT2D eigenvalue weighted by Crippen LogP contribution is -2.14. The van der Waals surface area contributed by atoms with Crippen molar-refractivity contribution in [2.75, 3.05) is 5.32 Å². The molecule has 0 aliphatic rings. The summed E-state index contributed by atoms with van der Waals surface area (Å²) in [5, 5.41) is 6.35. The Labute approximate surface area is 184 Å². The normalized spacial score (nSPS) is 11.5. The second-order valence-electron chi connectivity index (χ2n) is 7.91. The number of aryl methyl sites for hydroxylation is 1. The zero-order valence-electron chi connectivity index (χ0n) is 17.3. The van der Waals surface area contributed by atoms with Gasteiger partial charge in [-0.1, -0.05) is 60.7 Å². The fourth-order valence-electron chi connectivity index (χ4n) is 4.31. The number of carbonyl (C=O) groups is 1. The van der Waals surface area contributed by atoms with Crippen molar-refractivity contribution in [2.45, 2.75) is 13.0 Å². The maximum atomic E-state index is 12.8. The number of nitrogens with zero attached hydrogens (tertiary/aromatic N) is 3. The summed E-state index contributed by atoms with van der Waals surface area (Å²) in [7, 11) is 0. The standard InChI is InChI=1S/C27H20N4O/c32-25(28-20-14-13-18-7-1-2-8-19(18)17-20)15-16-31-24-12-6-3-9-21(24)26-27(31)30-23-11-5-4-10-22(23)29-26/h1-14,17H,15-16H2,(H,28,32). The lowest BCUT2D eigenvalue weighted by molar-refractivity contribution is -0.116. The van der Waals surface area contributed by atoms with E-state index in [1.807, 2.05) is 72.8 Å². The molecule has 6 aromatic rings. The van der Waals surface area contributed by atoms with Gasteiger partial charge in [-0.25, -0.2) is 9.97 Å². The van der Waals surface area contributed by atoms with E-state index in [4.69, 9.17) is 9.97 Å². The molecule has 1 amide bonds. The van der Waals surface area contributed by atoms with Crippen LogP contribution in [0.15, 0.2) is 91.0 Å². The molecule has 6 rings (SSSR count). The third-order valence-corrected chi connectivity index (χ3v) is 5.85. The highest BCUT2D eigenvalue weighted by molar-refractivity contribution is 6.06. The Balaban J connectivity index is 1.32. The van der Waals surface area contributed by atoms with Crippen LogP contribution in [-0.2, 0) is 11.3 Å².